The Labute approximate surface area is 79.8 Å². The molecule has 0 aromatic rings. The number of nitrogens with one attached hydrogen (secondary N) is 1. The van der Waals surface area contributed by atoms with Gasteiger partial charge in [0.25, 0.3) is 0 Å². The Morgan fingerprint density at radius 3 is 2.69 bits per heavy atom. The van der Waals surface area contributed by atoms with E-state index in [0.717, 1.165) is 6.54 Å². The lowest BCUT2D eigenvalue weighted by Crippen LogP contribution is -2.27. The first-order valence-electron chi connectivity index (χ1n) is 4.43. The van der Waals surface area contributed by atoms with E-state index >= 15 is 0 Å². The third-order valence-corrected chi connectivity index (χ3v) is 1.51. The van der Waals surface area contributed by atoms with Crippen molar-refractivity contribution in [2.45, 2.75) is 6.42 Å². The van der Waals surface area contributed by atoms with E-state index in [1.807, 2.05) is 31.1 Å². The van der Waals surface area contributed by atoms with Crippen molar-refractivity contribution in [3.8, 4) is 0 Å². The summed E-state index contributed by atoms with van der Waals surface area (Å²) in [6, 6.07) is 0. The predicted molar refractivity (Wildman–Crippen MR) is 54.4 cm³/mol. The molecule has 1 amide bonds. The van der Waals surface area contributed by atoms with Gasteiger partial charge in [-0.2, -0.15) is 0 Å². The summed E-state index contributed by atoms with van der Waals surface area (Å²) in [6.45, 7) is 1.88. The molecule has 0 rings (SSSR count). The van der Waals surface area contributed by atoms with Crippen molar-refractivity contribution in [3.63, 3.8) is 0 Å². The molecule has 0 aliphatic heterocycles. The highest BCUT2D eigenvalue weighted by Crippen LogP contribution is 1.82. The van der Waals surface area contributed by atoms with Crippen LogP contribution in [-0.2, 0) is 4.79 Å². The molecule has 0 saturated carbocycles. The number of rotatable bonds is 6. The van der Waals surface area contributed by atoms with E-state index < -0.39 is 0 Å². The van der Waals surface area contributed by atoms with Crippen molar-refractivity contribution in [1.29, 1.82) is 0 Å². The Morgan fingerprint density at radius 1 is 1.46 bits per heavy atom. The number of hydrogen-bond acceptors (Lipinski definition) is 3. The van der Waals surface area contributed by atoms with Gasteiger partial charge in [-0.05, 0) is 14.1 Å². The van der Waals surface area contributed by atoms with E-state index in [2.05, 4.69) is 5.32 Å². The predicted octanol–water partition coefficient (Wildman–Crippen LogP) is -0.431. The Bertz CT molecular complexity index is 166. The topological polar surface area (TPSA) is 58.4 Å². The number of nitrogens with two attached hydrogens (primary N) is 1. The van der Waals surface area contributed by atoms with Gasteiger partial charge < -0.3 is 16.0 Å². The fourth-order valence-corrected chi connectivity index (χ4v) is 0.766. The first kappa shape index (κ1) is 12.1. The molecule has 0 fully saturated rings. The summed E-state index contributed by atoms with van der Waals surface area (Å²) in [4.78, 5) is 13.1. The van der Waals surface area contributed by atoms with Crippen LogP contribution in [0.15, 0.2) is 12.2 Å². The minimum Gasteiger partial charge on any atom is -0.353 e. The van der Waals surface area contributed by atoms with Crippen LogP contribution >= 0.6 is 0 Å². The van der Waals surface area contributed by atoms with Crippen LogP contribution in [0.5, 0.6) is 0 Å². The first-order chi connectivity index (χ1) is 6.16. The molecule has 0 aliphatic carbocycles. The summed E-state index contributed by atoms with van der Waals surface area (Å²) in [7, 11) is 3.89. The second kappa shape index (κ2) is 7.76. The molecular weight excluding hydrogens is 166 g/mol. The molecule has 76 valence electrons. The average molecular weight is 185 g/mol. The van der Waals surface area contributed by atoms with Crippen LogP contribution < -0.4 is 11.1 Å². The first-order valence-corrected chi connectivity index (χ1v) is 4.43. The van der Waals surface area contributed by atoms with Crippen molar-refractivity contribution in [2.75, 3.05) is 33.7 Å². The zero-order chi connectivity index (χ0) is 10.1. The zero-order valence-corrected chi connectivity index (χ0v) is 8.42. The van der Waals surface area contributed by atoms with E-state index in [0.29, 0.717) is 19.5 Å². The summed E-state index contributed by atoms with van der Waals surface area (Å²) >= 11 is 0. The van der Waals surface area contributed by atoms with Gasteiger partial charge in [0, 0.05) is 26.1 Å². The van der Waals surface area contributed by atoms with Crippen LogP contribution in [0.4, 0.5) is 0 Å². The van der Waals surface area contributed by atoms with Gasteiger partial charge >= 0.3 is 0 Å². The highest BCUT2D eigenvalue weighted by atomic mass is 16.1. The molecule has 0 aliphatic rings. The summed E-state index contributed by atoms with van der Waals surface area (Å²) in [5, 5.41) is 2.76. The molecule has 4 nitrogen and oxygen atoms in total. The quantitative estimate of drug-likeness (QED) is 0.552. The van der Waals surface area contributed by atoms with Gasteiger partial charge in [0.15, 0.2) is 0 Å². The van der Waals surface area contributed by atoms with Crippen LogP contribution in [0.1, 0.15) is 6.42 Å². The second-order valence-corrected chi connectivity index (χ2v) is 3.06. The molecule has 0 saturated heterocycles. The standard InChI is InChI=1S/C9H19N3O/c1-12(2)8-5-9(13)11-7-4-3-6-10/h3-4H,5-8,10H2,1-2H3,(H,11,13)/b4-3+. The van der Waals surface area contributed by atoms with Gasteiger partial charge in [-0.1, -0.05) is 12.2 Å². The normalized spacial score (nSPS) is 11.1. The van der Waals surface area contributed by atoms with Crippen molar-refractivity contribution in [1.82, 2.24) is 10.2 Å². The average Bonchev–Trinajstić information content (AvgIpc) is 2.09. The van der Waals surface area contributed by atoms with Crippen LogP contribution in [0.3, 0.4) is 0 Å². The maximum atomic E-state index is 11.1. The van der Waals surface area contributed by atoms with Gasteiger partial charge in [-0.3, -0.25) is 4.79 Å². The summed E-state index contributed by atoms with van der Waals surface area (Å²) in [6.07, 6.45) is 4.23. The molecule has 13 heavy (non-hydrogen) atoms. The summed E-state index contributed by atoms with van der Waals surface area (Å²) in [5.41, 5.74) is 5.24. The Kier molecular flexibility index (Phi) is 7.24. The highest BCUT2D eigenvalue weighted by molar-refractivity contribution is 5.76. The molecular formula is C9H19N3O. The molecule has 0 radical (unpaired) electrons. The van der Waals surface area contributed by atoms with E-state index in [9.17, 15) is 4.79 Å². The molecule has 3 N–H and O–H groups in total. The maximum absolute atomic E-state index is 11.1. The van der Waals surface area contributed by atoms with Gasteiger partial charge in [-0.25, -0.2) is 0 Å². The lowest BCUT2D eigenvalue weighted by molar-refractivity contribution is -0.121. The van der Waals surface area contributed by atoms with Crippen LogP contribution in [0.25, 0.3) is 0 Å². The lowest BCUT2D eigenvalue weighted by Gasteiger charge is -2.08. The Hall–Kier alpha value is -0.870. The van der Waals surface area contributed by atoms with Gasteiger partial charge in [0.05, 0.1) is 0 Å². The van der Waals surface area contributed by atoms with E-state index in [1.165, 1.54) is 0 Å². The fraction of sp³-hybridized carbons (Fsp3) is 0.667. The number of carbonyl (C=O) groups excluding carboxylic acids is 1. The SMILES string of the molecule is CN(C)CCC(=O)NC/C=C/CN. The molecule has 0 aromatic heterocycles. The van der Waals surface area contributed by atoms with Crippen molar-refractivity contribution in [3.05, 3.63) is 12.2 Å². The number of carbonyl (C=O) groups is 1. The van der Waals surface area contributed by atoms with Gasteiger partial charge in [0.2, 0.25) is 5.91 Å². The zero-order valence-electron chi connectivity index (χ0n) is 8.42. The smallest absolute Gasteiger partial charge is 0.221 e. The van der Waals surface area contributed by atoms with Crippen molar-refractivity contribution >= 4 is 5.91 Å². The number of nitrogens with zero attached hydrogens (tertiary/aromatic N) is 1. The minimum absolute atomic E-state index is 0.0790. The van der Waals surface area contributed by atoms with Crippen LogP contribution in [0.2, 0.25) is 0 Å². The minimum atomic E-state index is 0.0790. The molecule has 4 heteroatoms. The molecule has 0 unspecified atom stereocenters. The van der Waals surface area contributed by atoms with E-state index in [1.54, 1.807) is 0 Å². The van der Waals surface area contributed by atoms with Crippen molar-refractivity contribution < 1.29 is 4.79 Å². The lowest BCUT2D eigenvalue weighted by atomic mass is 10.3. The molecule has 0 heterocycles. The van der Waals surface area contributed by atoms with Crippen LogP contribution in [-0.4, -0.2) is 44.5 Å². The number of hydrogen-bond donors (Lipinski definition) is 2. The maximum Gasteiger partial charge on any atom is 0.221 e. The fourth-order valence-electron chi connectivity index (χ4n) is 0.766. The largest absolute Gasteiger partial charge is 0.353 e. The second-order valence-electron chi connectivity index (χ2n) is 3.06. The molecule has 0 aromatic carbocycles. The summed E-state index contributed by atoms with van der Waals surface area (Å²) in [5.74, 6) is 0.0790. The van der Waals surface area contributed by atoms with E-state index in [4.69, 9.17) is 5.73 Å². The highest BCUT2D eigenvalue weighted by Gasteiger charge is 1.98. The third-order valence-electron chi connectivity index (χ3n) is 1.51. The molecule has 0 atom stereocenters. The Morgan fingerprint density at radius 2 is 2.15 bits per heavy atom. The van der Waals surface area contributed by atoms with E-state index in [-0.39, 0.29) is 5.91 Å². The third kappa shape index (κ3) is 9.04. The Balaban J connectivity index is 3.35. The van der Waals surface area contributed by atoms with Gasteiger partial charge in [0.1, 0.15) is 0 Å². The molecule has 0 spiro atoms. The number of amides is 1. The summed E-state index contributed by atoms with van der Waals surface area (Å²) < 4.78 is 0. The molecule has 0 bridgehead atoms. The monoisotopic (exact) mass is 185 g/mol. The van der Waals surface area contributed by atoms with Crippen LogP contribution in [0, 0.1) is 0 Å². The van der Waals surface area contributed by atoms with Crippen molar-refractivity contribution in [2.24, 2.45) is 5.73 Å². The van der Waals surface area contributed by atoms with Gasteiger partial charge in [-0.15, -0.1) is 0 Å².